The SMILES string of the molecule is Cc1cc(NC(=O)COc2c[nH]c(C)cc2=O)n([C@@H]2CCS(=O)(=O)C2)n1. The zero-order chi connectivity index (χ0) is 18.9. The second kappa shape index (κ2) is 6.94. The highest BCUT2D eigenvalue weighted by atomic mass is 32.2. The zero-order valence-electron chi connectivity index (χ0n) is 14.5. The lowest BCUT2D eigenvalue weighted by atomic mass is 10.3. The van der Waals surface area contributed by atoms with Crippen molar-refractivity contribution in [2.75, 3.05) is 23.4 Å². The van der Waals surface area contributed by atoms with Gasteiger partial charge < -0.3 is 15.0 Å². The standard InChI is InChI=1S/C16H20N4O5S/c1-10-5-13(21)14(7-17-10)25-8-16(22)18-15-6-11(2)19-20(15)12-3-4-26(23,24)9-12/h5-7,12H,3-4,8-9H2,1-2H3,(H,17,21)(H,18,22)/t12-/m1/s1. The molecule has 1 fully saturated rings. The number of carbonyl (C=O) groups excluding carboxylic acids is 1. The van der Waals surface area contributed by atoms with Crippen molar-refractivity contribution in [3.63, 3.8) is 0 Å². The summed E-state index contributed by atoms with van der Waals surface area (Å²) in [6.45, 7) is 3.15. The third-order valence-corrected chi connectivity index (χ3v) is 5.81. The molecular weight excluding hydrogens is 360 g/mol. The summed E-state index contributed by atoms with van der Waals surface area (Å²) in [5.74, 6) is 0.121. The Kier molecular flexibility index (Phi) is 4.86. The molecule has 1 aliphatic heterocycles. The van der Waals surface area contributed by atoms with Crippen LogP contribution in [0, 0.1) is 13.8 Å². The van der Waals surface area contributed by atoms with Gasteiger partial charge in [0.2, 0.25) is 5.43 Å². The molecule has 3 heterocycles. The largest absolute Gasteiger partial charge is 0.478 e. The number of aromatic amines is 1. The Labute approximate surface area is 150 Å². The number of hydrogen-bond acceptors (Lipinski definition) is 6. The molecule has 10 heteroatoms. The van der Waals surface area contributed by atoms with E-state index >= 15 is 0 Å². The summed E-state index contributed by atoms with van der Waals surface area (Å²) < 4.78 is 30.2. The van der Waals surface area contributed by atoms with Crippen LogP contribution >= 0.6 is 0 Å². The average Bonchev–Trinajstić information content (AvgIpc) is 3.08. The van der Waals surface area contributed by atoms with Crippen LogP contribution in [0.4, 0.5) is 5.82 Å². The number of nitrogens with zero attached hydrogens (tertiary/aromatic N) is 2. The molecule has 1 atom stereocenters. The number of aromatic nitrogens is 3. The molecule has 0 aromatic carbocycles. The molecule has 0 radical (unpaired) electrons. The van der Waals surface area contributed by atoms with Crippen molar-refractivity contribution >= 4 is 21.6 Å². The maximum absolute atomic E-state index is 12.2. The van der Waals surface area contributed by atoms with Crippen molar-refractivity contribution in [2.45, 2.75) is 26.3 Å². The fourth-order valence-corrected chi connectivity index (χ4v) is 4.54. The first-order valence-corrected chi connectivity index (χ1v) is 9.94. The molecule has 9 nitrogen and oxygen atoms in total. The number of sulfone groups is 1. The van der Waals surface area contributed by atoms with Crippen LogP contribution in [0.1, 0.15) is 23.9 Å². The molecule has 0 spiro atoms. The first-order chi connectivity index (χ1) is 12.2. The molecule has 26 heavy (non-hydrogen) atoms. The van der Waals surface area contributed by atoms with Crippen molar-refractivity contribution < 1.29 is 17.9 Å². The van der Waals surface area contributed by atoms with Crippen LogP contribution in [0.5, 0.6) is 5.75 Å². The highest BCUT2D eigenvalue weighted by Gasteiger charge is 2.31. The fourth-order valence-electron chi connectivity index (χ4n) is 2.85. The van der Waals surface area contributed by atoms with Gasteiger partial charge in [0.05, 0.1) is 23.2 Å². The van der Waals surface area contributed by atoms with E-state index in [1.165, 1.54) is 16.9 Å². The smallest absolute Gasteiger partial charge is 0.263 e. The van der Waals surface area contributed by atoms with Crippen LogP contribution in [-0.2, 0) is 14.6 Å². The van der Waals surface area contributed by atoms with E-state index in [4.69, 9.17) is 4.74 Å². The third kappa shape index (κ3) is 4.13. The van der Waals surface area contributed by atoms with E-state index < -0.39 is 15.7 Å². The lowest BCUT2D eigenvalue weighted by Crippen LogP contribution is -2.25. The molecule has 3 rings (SSSR count). The topological polar surface area (TPSA) is 123 Å². The molecule has 1 saturated heterocycles. The number of anilines is 1. The summed E-state index contributed by atoms with van der Waals surface area (Å²) in [5, 5.41) is 6.96. The second-order valence-electron chi connectivity index (χ2n) is 6.35. The fraction of sp³-hybridized carbons (Fsp3) is 0.438. The quantitative estimate of drug-likeness (QED) is 0.781. The number of rotatable bonds is 5. The van der Waals surface area contributed by atoms with Gasteiger partial charge in [-0.25, -0.2) is 13.1 Å². The minimum atomic E-state index is -3.07. The number of pyridine rings is 1. The molecule has 0 unspecified atom stereocenters. The van der Waals surface area contributed by atoms with Crippen molar-refractivity contribution in [3.05, 3.63) is 39.9 Å². The van der Waals surface area contributed by atoms with E-state index in [0.717, 1.165) is 0 Å². The monoisotopic (exact) mass is 380 g/mol. The molecule has 1 amide bonds. The summed E-state index contributed by atoms with van der Waals surface area (Å²) in [6, 6.07) is 2.75. The van der Waals surface area contributed by atoms with Crippen molar-refractivity contribution in [2.24, 2.45) is 0 Å². The number of H-pyrrole nitrogens is 1. The Morgan fingerprint density at radius 2 is 2.19 bits per heavy atom. The van der Waals surface area contributed by atoms with Crippen LogP contribution in [0.15, 0.2) is 23.1 Å². The number of hydrogen-bond donors (Lipinski definition) is 2. The molecule has 1 aliphatic rings. The summed E-state index contributed by atoms with van der Waals surface area (Å²) in [7, 11) is -3.07. The van der Waals surface area contributed by atoms with E-state index in [0.29, 0.717) is 23.6 Å². The number of aryl methyl sites for hydroxylation is 2. The maximum Gasteiger partial charge on any atom is 0.263 e. The van der Waals surface area contributed by atoms with E-state index in [1.54, 1.807) is 19.9 Å². The van der Waals surface area contributed by atoms with Gasteiger partial charge in [-0.2, -0.15) is 5.10 Å². The van der Waals surface area contributed by atoms with Crippen LogP contribution in [-0.4, -0.2) is 47.2 Å². The minimum Gasteiger partial charge on any atom is -0.478 e. The van der Waals surface area contributed by atoms with Crippen molar-refractivity contribution in [3.8, 4) is 5.75 Å². The number of nitrogens with one attached hydrogen (secondary N) is 2. The van der Waals surface area contributed by atoms with Gasteiger partial charge in [-0.1, -0.05) is 0 Å². The Hall–Kier alpha value is -2.62. The van der Waals surface area contributed by atoms with E-state index in [-0.39, 0.29) is 35.3 Å². The lowest BCUT2D eigenvalue weighted by Gasteiger charge is -2.14. The number of amides is 1. The van der Waals surface area contributed by atoms with Crippen LogP contribution in [0.3, 0.4) is 0 Å². The predicted octanol–water partition coefficient (Wildman–Crippen LogP) is 0.565. The molecule has 2 N–H and O–H groups in total. The van der Waals surface area contributed by atoms with Gasteiger partial charge in [-0.05, 0) is 20.3 Å². The maximum atomic E-state index is 12.2. The molecule has 0 saturated carbocycles. The highest BCUT2D eigenvalue weighted by Crippen LogP contribution is 2.27. The van der Waals surface area contributed by atoms with Gasteiger partial charge in [0, 0.05) is 24.0 Å². The summed E-state index contributed by atoms with van der Waals surface area (Å²) >= 11 is 0. The molecule has 2 aromatic heterocycles. The molecule has 0 bridgehead atoms. The molecule has 140 valence electrons. The summed E-state index contributed by atoms with van der Waals surface area (Å²) in [5.41, 5.74) is 1.05. The van der Waals surface area contributed by atoms with Crippen LogP contribution in [0.25, 0.3) is 0 Å². The van der Waals surface area contributed by atoms with Crippen molar-refractivity contribution in [1.29, 1.82) is 0 Å². The zero-order valence-corrected chi connectivity index (χ0v) is 15.3. The van der Waals surface area contributed by atoms with Gasteiger partial charge >= 0.3 is 0 Å². The molecule has 0 aliphatic carbocycles. The Morgan fingerprint density at radius 3 is 2.85 bits per heavy atom. The highest BCUT2D eigenvalue weighted by molar-refractivity contribution is 7.91. The first-order valence-electron chi connectivity index (χ1n) is 8.12. The molecular formula is C16H20N4O5S. The summed E-state index contributed by atoms with van der Waals surface area (Å²) in [4.78, 5) is 26.8. The van der Waals surface area contributed by atoms with Gasteiger partial charge in [0.1, 0.15) is 5.82 Å². The van der Waals surface area contributed by atoms with E-state index in [1.807, 2.05) is 0 Å². The third-order valence-electron chi connectivity index (χ3n) is 4.06. The number of ether oxygens (including phenoxy) is 1. The summed E-state index contributed by atoms with van der Waals surface area (Å²) in [6.07, 6.45) is 1.87. The Balaban J connectivity index is 1.67. The van der Waals surface area contributed by atoms with Gasteiger partial charge in [-0.15, -0.1) is 0 Å². The van der Waals surface area contributed by atoms with Gasteiger partial charge in [0.25, 0.3) is 5.91 Å². The Morgan fingerprint density at radius 1 is 1.42 bits per heavy atom. The minimum absolute atomic E-state index is 0.00618. The van der Waals surface area contributed by atoms with Gasteiger partial charge in [0.15, 0.2) is 22.2 Å². The predicted molar refractivity (Wildman–Crippen MR) is 95.2 cm³/mol. The van der Waals surface area contributed by atoms with Gasteiger partial charge in [-0.3, -0.25) is 9.59 Å². The van der Waals surface area contributed by atoms with Crippen molar-refractivity contribution in [1.82, 2.24) is 14.8 Å². The lowest BCUT2D eigenvalue weighted by molar-refractivity contribution is -0.118. The second-order valence-corrected chi connectivity index (χ2v) is 8.58. The van der Waals surface area contributed by atoms with E-state index in [9.17, 15) is 18.0 Å². The number of carbonyl (C=O) groups is 1. The first kappa shape index (κ1) is 18.2. The van der Waals surface area contributed by atoms with Crippen LogP contribution in [0.2, 0.25) is 0 Å². The average molecular weight is 380 g/mol. The Bertz CT molecular complexity index is 992. The van der Waals surface area contributed by atoms with Crippen LogP contribution < -0.4 is 15.5 Å². The van der Waals surface area contributed by atoms with E-state index in [2.05, 4.69) is 15.4 Å². The normalized spacial score (nSPS) is 18.6. The molecule has 2 aromatic rings.